The van der Waals surface area contributed by atoms with E-state index >= 15 is 0 Å². The fourth-order valence-corrected chi connectivity index (χ4v) is 4.42. The van der Waals surface area contributed by atoms with Crippen LogP contribution < -0.4 is 5.32 Å². The Morgan fingerprint density at radius 1 is 1.22 bits per heavy atom. The number of para-hydroxylation sites is 1. The first-order valence-corrected chi connectivity index (χ1v) is 10.6. The summed E-state index contributed by atoms with van der Waals surface area (Å²) in [5.74, 6) is 0.163. The van der Waals surface area contributed by atoms with E-state index in [0.717, 1.165) is 16.5 Å². The van der Waals surface area contributed by atoms with E-state index in [9.17, 15) is 19.7 Å². The molecule has 1 fully saturated rings. The van der Waals surface area contributed by atoms with Gasteiger partial charge in [-0.2, -0.15) is 0 Å². The van der Waals surface area contributed by atoms with E-state index in [4.69, 9.17) is 4.42 Å². The summed E-state index contributed by atoms with van der Waals surface area (Å²) in [5, 5.41) is 15.1. The highest BCUT2D eigenvalue weighted by molar-refractivity contribution is 5.98. The largest absolute Gasteiger partial charge is 0.459 e. The number of likely N-dealkylation sites (tertiary alicyclic amines) is 1. The second-order valence-corrected chi connectivity index (χ2v) is 8.23. The maximum Gasteiger partial charge on any atom is 0.272 e. The molecule has 1 aromatic heterocycles. The minimum Gasteiger partial charge on any atom is -0.459 e. The standard InChI is InChI=1S/C24H25N3O5/c1-14-13-17(10-11-19(14)27(30)31)24(29)26-12-6-8-20(26)23(28)25-16(3)22-15(2)18-7-4-5-9-21(18)32-22/h4-5,7,9-11,13,16,20H,6,8,12H2,1-3H3,(H,25,28). The summed E-state index contributed by atoms with van der Waals surface area (Å²) >= 11 is 0. The number of carbonyl (C=O) groups is 2. The number of nitro groups is 1. The first-order valence-electron chi connectivity index (χ1n) is 10.6. The molecule has 1 N–H and O–H groups in total. The summed E-state index contributed by atoms with van der Waals surface area (Å²) in [6.07, 6.45) is 1.28. The molecule has 2 aromatic carbocycles. The number of nitrogens with one attached hydrogen (secondary N) is 1. The molecular weight excluding hydrogens is 410 g/mol. The molecule has 4 rings (SSSR count). The number of hydrogen-bond acceptors (Lipinski definition) is 5. The van der Waals surface area contributed by atoms with Crippen molar-refractivity contribution in [2.45, 2.75) is 45.7 Å². The molecule has 2 atom stereocenters. The molecular formula is C24H25N3O5. The lowest BCUT2D eigenvalue weighted by molar-refractivity contribution is -0.385. The molecule has 0 radical (unpaired) electrons. The summed E-state index contributed by atoms with van der Waals surface area (Å²) in [6, 6.07) is 11.1. The van der Waals surface area contributed by atoms with Gasteiger partial charge in [0.05, 0.1) is 11.0 Å². The van der Waals surface area contributed by atoms with Crippen LogP contribution in [0.25, 0.3) is 11.0 Å². The number of carbonyl (C=O) groups excluding carboxylic acids is 2. The third kappa shape index (κ3) is 3.84. The Morgan fingerprint density at radius 3 is 2.66 bits per heavy atom. The lowest BCUT2D eigenvalue weighted by Crippen LogP contribution is -2.46. The van der Waals surface area contributed by atoms with E-state index in [0.29, 0.717) is 36.3 Å². The van der Waals surface area contributed by atoms with Gasteiger partial charge in [0.25, 0.3) is 11.6 Å². The molecule has 0 aliphatic carbocycles. The van der Waals surface area contributed by atoms with Gasteiger partial charge in [0.15, 0.2) is 0 Å². The minimum absolute atomic E-state index is 0.0349. The Kier molecular flexibility index (Phi) is 5.69. The molecule has 0 saturated carbocycles. The Bertz CT molecular complexity index is 1220. The maximum absolute atomic E-state index is 13.1. The van der Waals surface area contributed by atoms with Gasteiger partial charge >= 0.3 is 0 Å². The second-order valence-electron chi connectivity index (χ2n) is 8.23. The maximum atomic E-state index is 13.1. The first kappa shape index (κ1) is 21.5. The third-order valence-corrected chi connectivity index (χ3v) is 6.09. The second kappa shape index (κ2) is 8.45. The van der Waals surface area contributed by atoms with Crippen LogP contribution in [0.1, 0.15) is 53.1 Å². The zero-order chi connectivity index (χ0) is 23.0. The Labute approximate surface area is 185 Å². The van der Waals surface area contributed by atoms with E-state index < -0.39 is 11.0 Å². The van der Waals surface area contributed by atoms with Crippen LogP contribution in [0.5, 0.6) is 0 Å². The zero-order valence-corrected chi connectivity index (χ0v) is 18.3. The van der Waals surface area contributed by atoms with E-state index in [-0.39, 0.29) is 23.5 Å². The van der Waals surface area contributed by atoms with E-state index in [1.807, 2.05) is 38.1 Å². The highest BCUT2D eigenvalue weighted by atomic mass is 16.6. The predicted molar refractivity (Wildman–Crippen MR) is 119 cm³/mol. The molecule has 8 nitrogen and oxygen atoms in total. The molecule has 0 bridgehead atoms. The summed E-state index contributed by atoms with van der Waals surface area (Å²) in [7, 11) is 0. The van der Waals surface area contributed by atoms with Gasteiger partial charge in [0, 0.05) is 34.7 Å². The summed E-state index contributed by atoms with van der Waals surface area (Å²) < 4.78 is 5.96. The van der Waals surface area contributed by atoms with Crippen LogP contribution >= 0.6 is 0 Å². The van der Waals surface area contributed by atoms with E-state index in [2.05, 4.69) is 5.32 Å². The van der Waals surface area contributed by atoms with Crippen LogP contribution in [0, 0.1) is 24.0 Å². The number of nitrogens with zero attached hydrogens (tertiary/aromatic N) is 2. The Hall–Kier alpha value is -3.68. The number of aryl methyl sites for hydroxylation is 2. The quantitative estimate of drug-likeness (QED) is 0.471. The minimum atomic E-state index is -0.592. The van der Waals surface area contributed by atoms with Gasteiger partial charge in [-0.15, -0.1) is 0 Å². The summed E-state index contributed by atoms with van der Waals surface area (Å²) in [6.45, 7) is 5.89. The molecule has 0 spiro atoms. The van der Waals surface area contributed by atoms with Crippen molar-refractivity contribution >= 4 is 28.5 Å². The molecule has 32 heavy (non-hydrogen) atoms. The molecule has 1 saturated heterocycles. The number of benzene rings is 2. The normalized spacial score (nSPS) is 16.8. The van der Waals surface area contributed by atoms with Gasteiger partial charge in [-0.1, -0.05) is 18.2 Å². The van der Waals surface area contributed by atoms with Crippen LogP contribution in [-0.2, 0) is 4.79 Å². The third-order valence-electron chi connectivity index (χ3n) is 6.09. The van der Waals surface area contributed by atoms with Crippen molar-refractivity contribution in [1.29, 1.82) is 0 Å². The number of hydrogen-bond donors (Lipinski definition) is 1. The monoisotopic (exact) mass is 435 g/mol. The topological polar surface area (TPSA) is 106 Å². The van der Waals surface area contributed by atoms with E-state index in [1.165, 1.54) is 18.2 Å². The summed E-state index contributed by atoms with van der Waals surface area (Å²) in [4.78, 5) is 38.3. The van der Waals surface area contributed by atoms with Crippen LogP contribution in [-0.4, -0.2) is 34.2 Å². The van der Waals surface area contributed by atoms with Crippen molar-refractivity contribution in [2.24, 2.45) is 0 Å². The first-order chi connectivity index (χ1) is 15.3. The van der Waals surface area contributed by atoms with Gasteiger partial charge in [-0.05, 0) is 51.8 Å². The van der Waals surface area contributed by atoms with Gasteiger partial charge < -0.3 is 14.6 Å². The SMILES string of the molecule is Cc1cc(C(=O)N2CCCC2C(=O)NC(C)c2oc3ccccc3c2C)ccc1[N+](=O)[O-]. The van der Waals surface area contributed by atoms with Crippen molar-refractivity contribution in [3.05, 3.63) is 75.0 Å². The van der Waals surface area contributed by atoms with Crippen LogP contribution in [0.2, 0.25) is 0 Å². The predicted octanol–water partition coefficient (Wildman–Crippen LogP) is 4.44. The van der Waals surface area contributed by atoms with Gasteiger partial charge in [0.2, 0.25) is 5.91 Å². The number of fused-ring (bicyclic) bond motifs is 1. The average Bonchev–Trinajstić information content (AvgIpc) is 3.38. The van der Waals surface area contributed by atoms with Crippen molar-refractivity contribution < 1.29 is 18.9 Å². The molecule has 1 aliphatic heterocycles. The lowest BCUT2D eigenvalue weighted by atomic mass is 10.1. The zero-order valence-electron chi connectivity index (χ0n) is 18.3. The number of rotatable bonds is 5. The van der Waals surface area contributed by atoms with E-state index in [1.54, 1.807) is 11.8 Å². The smallest absolute Gasteiger partial charge is 0.272 e. The van der Waals surface area contributed by atoms with Crippen LogP contribution in [0.15, 0.2) is 46.9 Å². The summed E-state index contributed by atoms with van der Waals surface area (Å²) in [5.41, 5.74) is 2.47. The fraction of sp³-hybridized carbons (Fsp3) is 0.333. The van der Waals surface area contributed by atoms with Crippen molar-refractivity contribution in [2.75, 3.05) is 6.54 Å². The highest BCUT2D eigenvalue weighted by Crippen LogP contribution is 2.30. The Morgan fingerprint density at radius 2 is 1.97 bits per heavy atom. The molecule has 3 aromatic rings. The van der Waals surface area contributed by atoms with Crippen LogP contribution in [0.3, 0.4) is 0 Å². The number of amides is 2. The Balaban J connectivity index is 1.50. The highest BCUT2D eigenvalue weighted by Gasteiger charge is 2.36. The number of nitro benzene ring substituents is 1. The fourth-order valence-electron chi connectivity index (χ4n) is 4.42. The van der Waals surface area contributed by atoms with Crippen LogP contribution in [0.4, 0.5) is 5.69 Å². The average molecular weight is 435 g/mol. The number of furan rings is 1. The van der Waals surface area contributed by atoms with Crippen molar-refractivity contribution in [3.63, 3.8) is 0 Å². The molecule has 2 amide bonds. The van der Waals surface area contributed by atoms with Crippen molar-refractivity contribution in [3.8, 4) is 0 Å². The molecule has 8 heteroatoms. The van der Waals surface area contributed by atoms with Gasteiger partial charge in [0.1, 0.15) is 17.4 Å². The van der Waals surface area contributed by atoms with Gasteiger partial charge in [-0.3, -0.25) is 19.7 Å². The lowest BCUT2D eigenvalue weighted by Gasteiger charge is -2.25. The molecule has 2 heterocycles. The molecule has 2 unspecified atom stereocenters. The van der Waals surface area contributed by atoms with Crippen molar-refractivity contribution in [1.82, 2.24) is 10.2 Å². The van der Waals surface area contributed by atoms with Gasteiger partial charge in [-0.25, -0.2) is 0 Å². The molecule has 1 aliphatic rings. The molecule has 166 valence electrons.